The molecule has 0 radical (unpaired) electrons. The van der Waals surface area contributed by atoms with E-state index in [1.54, 1.807) is 16.3 Å². The molecule has 0 saturated heterocycles. The van der Waals surface area contributed by atoms with Crippen molar-refractivity contribution >= 4 is 54.7 Å². The summed E-state index contributed by atoms with van der Waals surface area (Å²) in [4.78, 5) is 26.2. The molecule has 5 aromatic rings. The lowest BCUT2D eigenvalue weighted by Crippen LogP contribution is -2.44. The first-order chi connectivity index (χ1) is 18.0. The van der Waals surface area contributed by atoms with E-state index in [-0.39, 0.29) is 5.69 Å². The van der Waals surface area contributed by atoms with Crippen LogP contribution in [0, 0.1) is 17.0 Å². The zero-order valence-electron chi connectivity index (χ0n) is 19.4. The summed E-state index contributed by atoms with van der Waals surface area (Å²) in [6.45, 7) is 2.22. The van der Waals surface area contributed by atoms with Gasteiger partial charge in [0.25, 0.3) is 5.69 Å². The van der Waals surface area contributed by atoms with Gasteiger partial charge >= 0.3 is 0 Å². The third kappa shape index (κ3) is 3.51. The Bertz CT molecular complexity index is 1770. The molecule has 0 aliphatic carbocycles. The smallest absolute Gasteiger partial charge is 0.269 e. The molecule has 2 aliphatic rings. The van der Waals surface area contributed by atoms with E-state index in [4.69, 9.17) is 19.9 Å². The summed E-state index contributed by atoms with van der Waals surface area (Å²) < 4.78 is 1.03. The van der Waals surface area contributed by atoms with Gasteiger partial charge in [-0.25, -0.2) is 4.98 Å². The molecule has 10 nitrogen and oxygen atoms in total. The van der Waals surface area contributed by atoms with Gasteiger partial charge in [-0.1, -0.05) is 53.8 Å². The van der Waals surface area contributed by atoms with E-state index in [2.05, 4.69) is 29.7 Å². The summed E-state index contributed by atoms with van der Waals surface area (Å²) in [6.07, 6.45) is 0. The van der Waals surface area contributed by atoms with Crippen molar-refractivity contribution in [2.24, 2.45) is 5.10 Å². The number of nitrogens with one attached hydrogen (secondary N) is 1. The van der Waals surface area contributed by atoms with E-state index in [0.29, 0.717) is 34.6 Å². The molecule has 2 aliphatic heterocycles. The molecule has 0 atom stereocenters. The Morgan fingerprint density at radius 2 is 1.97 bits per heavy atom. The summed E-state index contributed by atoms with van der Waals surface area (Å²) in [5.41, 5.74) is 7.41. The van der Waals surface area contributed by atoms with Crippen molar-refractivity contribution in [3.05, 3.63) is 99.6 Å². The van der Waals surface area contributed by atoms with Crippen LogP contribution in [0.25, 0.3) is 21.0 Å². The Labute approximate surface area is 214 Å². The number of aryl methyl sites for hydroxylation is 1. The van der Waals surface area contributed by atoms with Crippen molar-refractivity contribution in [1.82, 2.24) is 10.4 Å². The minimum Gasteiger partial charge on any atom is -0.337 e. The van der Waals surface area contributed by atoms with Crippen LogP contribution in [0.5, 0.6) is 5.75 Å². The van der Waals surface area contributed by atoms with Crippen molar-refractivity contribution in [2.75, 3.05) is 10.2 Å². The van der Waals surface area contributed by atoms with Crippen LogP contribution in [0.3, 0.4) is 0 Å². The maximum atomic E-state index is 11.3. The quantitative estimate of drug-likeness (QED) is 0.189. The second kappa shape index (κ2) is 8.15. The van der Waals surface area contributed by atoms with Crippen molar-refractivity contribution < 1.29 is 14.7 Å². The summed E-state index contributed by atoms with van der Waals surface area (Å²) in [5, 5.41) is 22.5. The SMILES string of the molecule is Cc1cc([N+](=O)[O-])ccc1N1N=C(c2ccc3c(c2)OOC3)NN1c1nc2c(ccc3ccccc32)s1. The van der Waals surface area contributed by atoms with Crippen LogP contribution in [0.15, 0.2) is 77.9 Å². The highest BCUT2D eigenvalue weighted by molar-refractivity contribution is 7.22. The molecule has 4 aromatic carbocycles. The van der Waals surface area contributed by atoms with Crippen molar-refractivity contribution in [1.29, 1.82) is 0 Å². The highest BCUT2D eigenvalue weighted by Gasteiger charge is 2.31. The van der Waals surface area contributed by atoms with Crippen LogP contribution >= 0.6 is 11.3 Å². The standard InChI is InChI=1S/C26H18N6O4S/c1-15-12-19(32(33)34)9-10-21(15)30-28-25(17-6-7-18-14-35-36-22(18)13-17)29-31(30)26-27-24-20-5-3-2-4-16(20)8-11-23(24)37-26/h2-13H,14H2,1H3,(H,28,29). The van der Waals surface area contributed by atoms with Crippen molar-refractivity contribution in [3.63, 3.8) is 0 Å². The van der Waals surface area contributed by atoms with Gasteiger partial charge in [0, 0.05) is 28.6 Å². The molecule has 0 spiro atoms. The monoisotopic (exact) mass is 510 g/mol. The molecule has 0 bridgehead atoms. The predicted octanol–water partition coefficient (Wildman–Crippen LogP) is 5.60. The maximum absolute atomic E-state index is 11.3. The van der Waals surface area contributed by atoms with Gasteiger partial charge in [0.1, 0.15) is 6.61 Å². The van der Waals surface area contributed by atoms with Crippen LogP contribution in [0.1, 0.15) is 16.7 Å². The van der Waals surface area contributed by atoms with Crippen LogP contribution in [0.2, 0.25) is 0 Å². The fourth-order valence-electron chi connectivity index (χ4n) is 4.50. The average Bonchev–Trinajstić information content (AvgIpc) is 3.66. The van der Waals surface area contributed by atoms with Crippen LogP contribution < -0.4 is 20.5 Å². The third-order valence-electron chi connectivity index (χ3n) is 6.36. The van der Waals surface area contributed by atoms with Gasteiger partial charge in [-0.3, -0.25) is 15.5 Å². The number of nitro groups is 1. The average molecular weight is 511 g/mol. The van der Waals surface area contributed by atoms with E-state index in [0.717, 1.165) is 32.1 Å². The Hall–Kier alpha value is -4.74. The zero-order valence-corrected chi connectivity index (χ0v) is 20.2. The number of benzene rings is 4. The number of non-ortho nitro benzene ring substituents is 1. The predicted molar refractivity (Wildman–Crippen MR) is 141 cm³/mol. The summed E-state index contributed by atoms with van der Waals surface area (Å²) in [7, 11) is 0. The molecule has 0 saturated carbocycles. The third-order valence-corrected chi connectivity index (χ3v) is 7.36. The number of nitrogens with zero attached hydrogens (tertiary/aromatic N) is 5. The highest BCUT2D eigenvalue weighted by atomic mass is 32.1. The Balaban J connectivity index is 1.35. The van der Waals surface area contributed by atoms with E-state index < -0.39 is 4.92 Å². The molecular weight excluding hydrogens is 492 g/mol. The molecule has 11 heteroatoms. The number of aromatic nitrogens is 1. The molecule has 1 N–H and O–H groups in total. The molecule has 182 valence electrons. The summed E-state index contributed by atoms with van der Waals surface area (Å²) >= 11 is 1.52. The molecule has 0 amide bonds. The topological polar surface area (TPSA) is 105 Å². The van der Waals surface area contributed by atoms with Gasteiger partial charge in [-0.2, -0.15) is 4.89 Å². The first-order valence-electron chi connectivity index (χ1n) is 11.5. The normalized spacial score (nSPS) is 14.6. The molecular formula is C26H18N6O4S. The number of hydrazone groups is 1. The largest absolute Gasteiger partial charge is 0.337 e. The lowest BCUT2D eigenvalue weighted by atomic mass is 10.1. The second-order valence-corrected chi connectivity index (χ2v) is 9.70. The fourth-order valence-corrected chi connectivity index (χ4v) is 5.43. The Morgan fingerprint density at radius 3 is 2.84 bits per heavy atom. The maximum Gasteiger partial charge on any atom is 0.269 e. The van der Waals surface area contributed by atoms with Gasteiger partial charge in [-0.15, -0.1) is 15.3 Å². The minimum atomic E-state index is -0.406. The molecule has 0 fully saturated rings. The van der Waals surface area contributed by atoms with Gasteiger partial charge in [0.15, 0.2) is 11.6 Å². The molecule has 3 heterocycles. The Morgan fingerprint density at radius 1 is 1.08 bits per heavy atom. The summed E-state index contributed by atoms with van der Waals surface area (Å²) in [6, 6.07) is 22.7. The second-order valence-electron chi connectivity index (χ2n) is 8.69. The van der Waals surface area contributed by atoms with Gasteiger partial charge < -0.3 is 4.89 Å². The molecule has 1 aromatic heterocycles. The number of hydrogen-bond acceptors (Lipinski definition) is 10. The molecule has 7 rings (SSSR count). The number of nitro benzene ring substituents is 1. The number of thiazole rings is 1. The highest BCUT2D eigenvalue weighted by Crippen LogP contribution is 2.37. The lowest BCUT2D eigenvalue weighted by molar-refractivity contribution is -0.384. The van der Waals surface area contributed by atoms with Crippen LogP contribution in [0.4, 0.5) is 16.5 Å². The zero-order chi connectivity index (χ0) is 25.1. The number of fused-ring (bicyclic) bond motifs is 4. The molecule has 0 unspecified atom stereocenters. The number of rotatable bonds is 4. The number of anilines is 2. The number of hydrogen-bond donors (Lipinski definition) is 1. The Kier molecular flexibility index (Phi) is 4.74. The minimum absolute atomic E-state index is 0.0198. The van der Waals surface area contributed by atoms with Gasteiger partial charge in [0.05, 0.1) is 20.8 Å². The first kappa shape index (κ1) is 21.5. The van der Waals surface area contributed by atoms with Crippen LogP contribution in [-0.2, 0) is 11.5 Å². The van der Waals surface area contributed by atoms with E-state index in [9.17, 15) is 10.1 Å². The van der Waals surface area contributed by atoms with Crippen LogP contribution in [-0.4, -0.2) is 15.7 Å². The fraction of sp³-hybridized carbons (Fsp3) is 0.0769. The first-order valence-corrected chi connectivity index (χ1v) is 12.3. The van der Waals surface area contributed by atoms with Crippen molar-refractivity contribution in [2.45, 2.75) is 13.5 Å². The number of amidine groups is 1. The van der Waals surface area contributed by atoms with Crippen molar-refractivity contribution in [3.8, 4) is 5.75 Å². The van der Waals surface area contributed by atoms with Gasteiger partial charge in [-0.05, 0) is 36.1 Å². The number of hydrazine groups is 2. The summed E-state index contributed by atoms with van der Waals surface area (Å²) in [5.74, 6) is 1.21. The van der Waals surface area contributed by atoms with Gasteiger partial charge in [0.2, 0.25) is 5.13 Å². The van der Waals surface area contributed by atoms with E-state index in [1.807, 2.05) is 37.3 Å². The lowest BCUT2D eigenvalue weighted by Gasteiger charge is -2.26. The van der Waals surface area contributed by atoms with E-state index >= 15 is 0 Å². The van der Waals surface area contributed by atoms with E-state index in [1.165, 1.54) is 23.5 Å². The molecule has 37 heavy (non-hydrogen) atoms.